The van der Waals surface area contributed by atoms with Gasteiger partial charge in [-0.3, -0.25) is 14.4 Å². The molecule has 3 aliphatic rings. The summed E-state index contributed by atoms with van der Waals surface area (Å²) in [5, 5.41) is 9.48. The van der Waals surface area contributed by atoms with E-state index in [4.69, 9.17) is 9.47 Å². The third-order valence-electron chi connectivity index (χ3n) is 7.54. The first-order valence-electron chi connectivity index (χ1n) is 12.2. The van der Waals surface area contributed by atoms with Crippen LogP contribution in [0.4, 0.5) is 0 Å². The van der Waals surface area contributed by atoms with E-state index in [0.717, 1.165) is 5.56 Å². The van der Waals surface area contributed by atoms with Crippen LogP contribution in [-0.4, -0.2) is 76.2 Å². The molecule has 0 saturated carbocycles. The highest BCUT2D eigenvalue weighted by atomic mass is 16.6. The molecule has 0 radical (unpaired) electrons. The number of benzene rings is 1. The molecule has 8 nitrogen and oxygen atoms in total. The van der Waals surface area contributed by atoms with Gasteiger partial charge in [0.25, 0.3) is 0 Å². The van der Waals surface area contributed by atoms with E-state index in [2.05, 4.69) is 13.2 Å². The number of carbonyl (C=O) groups is 3. The van der Waals surface area contributed by atoms with Crippen LogP contribution in [0.2, 0.25) is 0 Å². The highest BCUT2D eigenvalue weighted by Crippen LogP contribution is 2.63. The second-order valence-corrected chi connectivity index (χ2v) is 9.75. The van der Waals surface area contributed by atoms with Crippen molar-refractivity contribution in [3.8, 4) is 0 Å². The summed E-state index contributed by atoms with van der Waals surface area (Å²) in [7, 11) is 0. The summed E-state index contributed by atoms with van der Waals surface area (Å²) in [6, 6.07) is 8.73. The molecule has 1 aromatic carbocycles. The maximum atomic E-state index is 14.1. The van der Waals surface area contributed by atoms with Crippen molar-refractivity contribution < 1.29 is 29.0 Å². The molecular formula is C27H34N2O6. The molecule has 3 fully saturated rings. The van der Waals surface area contributed by atoms with E-state index < -0.39 is 35.0 Å². The Morgan fingerprint density at radius 2 is 2.00 bits per heavy atom. The monoisotopic (exact) mass is 482 g/mol. The number of ether oxygens (including phenoxy) is 2. The number of carbonyl (C=O) groups excluding carboxylic acids is 3. The van der Waals surface area contributed by atoms with Crippen molar-refractivity contribution in [2.24, 2.45) is 11.8 Å². The van der Waals surface area contributed by atoms with Crippen LogP contribution >= 0.6 is 0 Å². The Morgan fingerprint density at radius 3 is 2.66 bits per heavy atom. The predicted octanol–water partition coefficient (Wildman–Crippen LogP) is 2.08. The van der Waals surface area contributed by atoms with Gasteiger partial charge in [0, 0.05) is 26.2 Å². The minimum Gasteiger partial charge on any atom is -0.461 e. The lowest BCUT2D eigenvalue weighted by Crippen LogP contribution is -2.56. The van der Waals surface area contributed by atoms with Crippen molar-refractivity contribution in [3.63, 3.8) is 0 Å². The zero-order valence-electron chi connectivity index (χ0n) is 20.2. The number of esters is 1. The predicted molar refractivity (Wildman–Crippen MR) is 129 cm³/mol. The van der Waals surface area contributed by atoms with E-state index in [0.29, 0.717) is 32.4 Å². The molecule has 188 valence electrons. The van der Waals surface area contributed by atoms with Gasteiger partial charge in [-0.2, -0.15) is 0 Å². The third-order valence-corrected chi connectivity index (χ3v) is 7.54. The normalized spacial score (nSPS) is 30.7. The van der Waals surface area contributed by atoms with Gasteiger partial charge >= 0.3 is 5.97 Å². The van der Waals surface area contributed by atoms with Crippen LogP contribution in [0.25, 0.3) is 0 Å². The first-order chi connectivity index (χ1) is 16.8. The van der Waals surface area contributed by atoms with Crippen LogP contribution in [0.15, 0.2) is 55.6 Å². The Labute approximate surface area is 206 Å². The van der Waals surface area contributed by atoms with Gasteiger partial charge in [0.1, 0.15) is 24.2 Å². The molecule has 0 aromatic heterocycles. The van der Waals surface area contributed by atoms with E-state index in [1.807, 2.05) is 37.3 Å². The van der Waals surface area contributed by atoms with Gasteiger partial charge in [-0.1, -0.05) is 49.1 Å². The molecule has 8 heteroatoms. The Kier molecular flexibility index (Phi) is 7.15. The van der Waals surface area contributed by atoms with Crippen molar-refractivity contribution in [2.45, 2.75) is 50.0 Å². The van der Waals surface area contributed by atoms with E-state index in [9.17, 15) is 19.5 Å². The number of hydrogen-bond donors (Lipinski definition) is 1. The fourth-order valence-corrected chi connectivity index (χ4v) is 6.14. The van der Waals surface area contributed by atoms with E-state index in [-0.39, 0.29) is 31.6 Å². The molecule has 2 bridgehead atoms. The maximum Gasteiger partial charge on any atom is 0.313 e. The van der Waals surface area contributed by atoms with E-state index >= 15 is 0 Å². The lowest BCUT2D eigenvalue weighted by atomic mass is 9.66. The quantitative estimate of drug-likeness (QED) is 0.383. The zero-order chi connectivity index (χ0) is 25.2. The van der Waals surface area contributed by atoms with Gasteiger partial charge < -0.3 is 24.4 Å². The Morgan fingerprint density at radius 1 is 1.26 bits per heavy atom. The van der Waals surface area contributed by atoms with Gasteiger partial charge in [0.2, 0.25) is 11.8 Å². The average Bonchev–Trinajstić information content (AvgIpc) is 3.42. The highest BCUT2D eigenvalue weighted by Gasteiger charge is 2.78. The van der Waals surface area contributed by atoms with Crippen LogP contribution < -0.4 is 0 Å². The summed E-state index contributed by atoms with van der Waals surface area (Å²) < 4.78 is 11.9. The van der Waals surface area contributed by atoms with Gasteiger partial charge in [-0.15, -0.1) is 6.58 Å². The summed E-state index contributed by atoms with van der Waals surface area (Å²) in [4.78, 5) is 44.2. The SMILES string of the molecule is C=CCOC(=O)[C@H]1[C@H]2C(=O)N(CCCO)C(C(=O)N(CC=C)Cc3ccccc3)C23CC[C@]1(C)O3. The van der Waals surface area contributed by atoms with Crippen LogP contribution in [0.1, 0.15) is 31.7 Å². The van der Waals surface area contributed by atoms with E-state index in [1.54, 1.807) is 11.0 Å². The number of rotatable bonds is 11. The van der Waals surface area contributed by atoms with Crippen molar-refractivity contribution in [3.05, 3.63) is 61.2 Å². The standard InChI is InChI=1S/C27H34N2O6/c1-4-14-28(18-19-10-7-6-8-11-19)24(32)22-27-13-12-26(3,35-27)21(25(33)34-17-5-2)20(27)23(31)29(22)15-9-16-30/h4-8,10-11,20-22,30H,1-2,9,12-18H2,3H3/t20-,21+,22?,26-,27?/m0/s1. The van der Waals surface area contributed by atoms with Crippen molar-refractivity contribution in [1.82, 2.24) is 9.80 Å². The Bertz CT molecular complexity index is 997. The summed E-state index contributed by atoms with van der Waals surface area (Å²) in [5.41, 5.74) is -1.05. The molecule has 1 N–H and O–H groups in total. The average molecular weight is 483 g/mol. The first-order valence-corrected chi connectivity index (χ1v) is 12.2. The number of aliphatic hydroxyl groups is 1. The van der Waals surface area contributed by atoms with Crippen LogP contribution in [0, 0.1) is 11.8 Å². The number of nitrogens with zero attached hydrogens (tertiary/aromatic N) is 2. The van der Waals surface area contributed by atoms with Crippen molar-refractivity contribution in [2.75, 3.05) is 26.3 Å². The molecule has 3 saturated heterocycles. The number of amides is 2. The Hall–Kier alpha value is -2.97. The minimum absolute atomic E-state index is 0.0418. The van der Waals surface area contributed by atoms with Gasteiger partial charge in [-0.05, 0) is 31.7 Å². The number of likely N-dealkylation sites (tertiary alicyclic amines) is 1. The zero-order valence-corrected chi connectivity index (χ0v) is 20.2. The summed E-state index contributed by atoms with van der Waals surface area (Å²) in [6.45, 7) is 10.0. The highest BCUT2D eigenvalue weighted by molar-refractivity contribution is 5.98. The molecule has 2 unspecified atom stereocenters. The summed E-state index contributed by atoms with van der Waals surface area (Å²) in [6.07, 6.45) is 4.50. The molecule has 1 spiro atoms. The number of aliphatic hydroxyl groups excluding tert-OH is 1. The molecule has 0 aliphatic carbocycles. The number of fused-ring (bicyclic) bond motifs is 1. The van der Waals surface area contributed by atoms with Crippen molar-refractivity contribution in [1.29, 1.82) is 0 Å². The number of hydrogen-bond acceptors (Lipinski definition) is 6. The molecule has 3 aliphatic heterocycles. The van der Waals surface area contributed by atoms with Gasteiger partial charge in [0.15, 0.2) is 0 Å². The van der Waals surface area contributed by atoms with Crippen LogP contribution in [0.5, 0.6) is 0 Å². The first kappa shape index (κ1) is 25.1. The molecule has 1 aromatic rings. The van der Waals surface area contributed by atoms with Crippen LogP contribution in [-0.2, 0) is 30.4 Å². The van der Waals surface area contributed by atoms with Gasteiger partial charge in [-0.25, -0.2) is 0 Å². The maximum absolute atomic E-state index is 14.1. The molecule has 35 heavy (non-hydrogen) atoms. The minimum atomic E-state index is -1.12. The lowest BCUT2D eigenvalue weighted by Gasteiger charge is -2.36. The fraction of sp³-hybridized carbons (Fsp3) is 0.519. The largest absolute Gasteiger partial charge is 0.461 e. The molecule has 2 amide bonds. The van der Waals surface area contributed by atoms with Crippen molar-refractivity contribution >= 4 is 17.8 Å². The summed E-state index contributed by atoms with van der Waals surface area (Å²) >= 11 is 0. The molecule has 5 atom stereocenters. The van der Waals surface area contributed by atoms with Gasteiger partial charge in [0.05, 0.1) is 11.5 Å². The fourth-order valence-electron chi connectivity index (χ4n) is 6.14. The second-order valence-electron chi connectivity index (χ2n) is 9.75. The molecule has 3 heterocycles. The topological polar surface area (TPSA) is 96.4 Å². The third kappa shape index (κ3) is 4.19. The molecule has 4 rings (SSSR count). The Balaban J connectivity index is 1.72. The smallest absolute Gasteiger partial charge is 0.313 e. The van der Waals surface area contributed by atoms with Crippen LogP contribution in [0.3, 0.4) is 0 Å². The lowest BCUT2D eigenvalue weighted by molar-refractivity contribution is -0.159. The van der Waals surface area contributed by atoms with E-state index in [1.165, 1.54) is 11.0 Å². The second kappa shape index (κ2) is 9.95. The summed E-state index contributed by atoms with van der Waals surface area (Å²) in [5.74, 6) is -2.66. The molecular weight excluding hydrogens is 448 g/mol.